The summed E-state index contributed by atoms with van der Waals surface area (Å²) in [6, 6.07) is 10.0. The molecule has 2 aliphatic rings. The number of aryl methyl sites for hydroxylation is 1. The molecule has 2 aromatic rings. The lowest BCUT2D eigenvalue weighted by Gasteiger charge is -2.35. The normalized spacial score (nSPS) is 20.2. The maximum atomic E-state index is 12.8. The molecule has 0 saturated carbocycles. The molecule has 1 saturated heterocycles. The first-order valence-corrected chi connectivity index (χ1v) is 9.41. The smallest absolute Gasteiger partial charge is 0.260 e. The van der Waals surface area contributed by atoms with E-state index in [-0.39, 0.29) is 18.6 Å². The van der Waals surface area contributed by atoms with Gasteiger partial charge in [-0.3, -0.25) is 9.48 Å². The average Bonchev–Trinajstić information content (AvgIpc) is 3.32. The monoisotopic (exact) mass is 354 g/mol. The third kappa shape index (κ3) is 3.60. The standard InChI is InChI=1S/C20H26N4O2/c1-16-6-2-3-7-19(16)26-15-20(25)23-13-17-8-9-21-24(17)18(14-23)12-22-10-4-5-11-22/h2-3,6-9,18H,4-5,10-15H2,1H3/t18-/m0/s1. The van der Waals surface area contributed by atoms with Crippen LogP contribution >= 0.6 is 0 Å². The van der Waals surface area contributed by atoms with Crippen LogP contribution in [0.1, 0.15) is 30.1 Å². The van der Waals surface area contributed by atoms with E-state index in [1.54, 1.807) is 0 Å². The third-order valence-electron chi connectivity index (χ3n) is 5.35. The van der Waals surface area contributed by atoms with Crippen molar-refractivity contribution in [1.82, 2.24) is 19.6 Å². The van der Waals surface area contributed by atoms with Crippen LogP contribution in [0.3, 0.4) is 0 Å². The molecular weight excluding hydrogens is 328 g/mol. The number of amides is 1. The Morgan fingerprint density at radius 1 is 1.23 bits per heavy atom. The highest BCUT2D eigenvalue weighted by molar-refractivity contribution is 5.78. The Morgan fingerprint density at radius 2 is 2.04 bits per heavy atom. The van der Waals surface area contributed by atoms with Gasteiger partial charge in [0, 0.05) is 19.3 Å². The van der Waals surface area contributed by atoms with Crippen LogP contribution in [0.25, 0.3) is 0 Å². The summed E-state index contributed by atoms with van der Waals surface area (Å²) in [4.78, 5) is 17.1. The lowest BCUT2D eigenvalue weighted by molar-refractivity contribution is -0.135. The Hall–Kier alpha value is -2.34. The molecule has 0 unspecified atom stereocenters. The van der Waals surface area contributed by atoms with Gasteiger partial charge < -0.3 is 14.5 Å². The fraction of sp³-hybridized carbons (Fsp3) is 0.500. The Balaban J connectivity index is 1.41. The summed E-state index contributed by atoms with van der Waals surface area (Å²) in [6.07, 6.45) is 4.38. The molecule has 0 bridgehead atoms. The van der Waals surface area contributed by atoms with E-state index in [1.165, 1.54) is 12.8 Å². The zero-order valence-electron chi connectivity index (χ0n) is 15.3. The molecule has 1 aromatic heterocycles. The highest BCUT2D eigenvalue weighted by Crippen LogP contribution is 2.23. The van der Waals surface area contributed by atoms with Crippen LogP contribution in [0.4, 0.5) is 0 Å². The highest BCUT2D eigenvalue weighted by Gasteiger charge is 2.30. The SMILES string of the molecule is Cc1ccccc1OCC(=O)N1Cc2ccnn2[C@@H](CN2CCCC2)C1. The predicted octanol–water partition coefficient (Wildman–Crippen LogP) is 2.25. The molecule has 0 aliphatic carbocycles. The van der Waals surface area contributed by atoms with Crippen molar-refractivity contribution in [3.63, 3.8) is 0 Å². The zero-order chi connectivity index (χ0) is 17.9. The number of hydrogen-bond acceptors (Lipinski definition) is 4. The number of likely N-dealkylation sites (tertiary alicyclic amines) is 1. The number of ether oxygens (including phenoxy) is 1. The number of rotatable bonds is 5. The quantitative estimate of drug-likeness (QED) is 0.826. The van der Waals surface area contributed by atoms with Crippen LogP contribution in [0, 0.1) is 6.92 Å². The van der Waals surface area contributed by atoms with Crippen molar-refractivity contribution in [1.29, 1.82) is 0 Å². The summed E-state index contributed by atoms with van der Waals surface area (Å²) >= 11 is 0. The van der Waals surface area contributed by atoms with Crippen LogP contribution in [-0.4, -0.2) is 58.3 Å². The van der Waals surface area contributed by atoms with Gasteiger partial charge in [0.1, 0.15) is 5.75 Å². The summed E-state index contributed by atoms with van der Waals surface area (Å²) in [6.45, 7) is 6.63. The first-order chi connectivity index (χ1) is 12.7. The Bertz CT molecular complexity index is 767. The Kier molecular flexibility index (Phi) is 4.93. The lowest BCUT2D eigenvalue weighted by atomic mass is 10.1. The van der Waals surface area contributed by atoms with Gasteiger partial charge in [-0.25, -0.2) is 0 Å². The van der Waals surface area contributed by atoms with Gasteiger partial charge in [-0.05, 0) is 50.6 Å². The van der Waals surface area contributed by atoms with E-state index in [1.807, 2.05) is 48.4 Å². The molecule has 6 nitrogen and oxygen atoms in total. The predicted molar refractivity (Wildman–Crippen MR) is 99.0 cm³/mol. The molecule has 3 heterocycles. The van der Waals surface area contributed by atoms with Crippen LogP contribution in [-0.2, 0) is 11.3 Å². The fourth-order valence-corrected chi connectivity index (χ4v) is 3.92. The number of carbonyl (C=O) groups excluding carboxylic acids is 1. The second-order valence-corrected chi connectivity index (χ2v) is 7.26. The molecule has 26 heavy (non-hydrogen) atoms. The lowest BCUT2D eigenvalue weighted by Crippen LogP contribution is -2.46. The van der Waals surface area contributed by atoms with E-state index < -0.39 is 0 Å². The van der Waals surface area contributed by atoms with Gasteiger partial charge in [0.15, 0.2) is 6.61 Å². The van der Waals surface area contributed by atoms with Crippen LogP contribution in [0.15, 0.2) is 36.5 Å². The second kappa shape index (κ2) is 7.50. The van der Waals surface area contributed by atoms with Gasteiger partial charge in [0.25, 0.3) is 5.91 Å². The van der Waals surface area contributed by atoms with Gasteiger partial charge in [0.05, 0.1) is 18.3 Å². The van der Waals surface area contributed by atoms with Gasteiger partial charge in [0.2, 0.25) is 0 Å². The number of carbonyl (C=O) groups is 1. The summed E-state index contributed by atoms with van der Waals surface area (Å²) in [5.74, 6) is 0.809. The zero-order valence-corrected chi connectivity index (χ0v) is 15.3. The second-order valence-electron chi connectivity index (χ2n) is 7.26. The van der Waals surface area contributed by atoms with E-state index in [4.69, 9.17) is 4.74 Å². The van der Waals surface area contributed by atoms with Crippen LogP contribution < -0.4 is 4.74 Å². The minimum atomic E-state index is 0.0344. The number of aromatic nitrogens is 2. The molecule has 2 aliphatic heterocycles. The molecule has 1 fully saturated rings. The molecule has 1 aromatic carbocycles. The van der Waals surface area contributed by atoms with Crippen LogP contribution in [0.2, 0.25) is 0 Å². The van der Waals surface area contributed by atoms with E-state index in [2.05, 4.69) is 14.7 Å². The van der Waals surface area contributed by atoms with Crippen LogP contribution in [0.5, 0.6) is 5.75 Å². The van der Waals surface area contributed by atoms with E-state index >= 15 is 0 Å². The summed E-state index contributed by atoms with van der Waals surface area (Å²) in [7, 11) is 0. The fourth-order valence-electron chi connectivity index (χ4n) is 3.92. The van der Waals surface area contributed by atoms with Crippen molar-refractivity contribution < 1.29 is 9.53 Å². The Morgan fingerprint density at radius 3 is 2.85 bits per heavy atom. The van der Waals surface area contributed by atoms with Crippen molar-refractivity contribution >= 4 is 5.91 Å². The number of nitrogens with zero attached hydrogens (tertiary/aromatic N) is 4. The van der Waals surface area contributed by atoms with Crippen molar-refractivity contribution in [2.24, 2.45) is 0 Å². The van der Waals surface area contributed by atoms with Gasteiger partial charge in [-0.15, -0.1) is 0 Å². The molecule has 4 rings (SSSR count). The van der Waals surface area contributed by atoms with Crippen molar-refractivity contribution in [3.05, 3.63) is 47.8 Å². The van der Waals surface area contributed by atoms with E-state index in [0.717, 1.165) is 36.6 Å². The minimum absolute atomic E-state index is 0.0344. The largest absolute Gasteiger partial charge is 0.484 e. The molecule has 138 valence electrons. The maximum Gasteiger partial charge on any atom is 0.260 e. The van der Waals surface area contributed by atoms with Crippen molar-refractivity contribution in [3.8, 4) is 5.75 Å². The maximum absolute atomic E-state index is 12.8. The molecule has 0 radical (unpaired) electrons. The molecule has 6 heteroatoms. The number of fused-ring (bicyclic) bond motifs is 1. The Labute approximate surface area is 154 Å². The highest BCUT2D eigenvalue weighted by atomic mass is 16.5. The van der Waals surface area contributed by atoms with E-state index in [9.17, 15) is 4.79 Å². The molecular formula is C20H26N4O2. The summed E-state index contributed by atoms with van der Waals surface area (Å²) in [5, 5.41) is 4.50. The molecule has 0 spiro atoms. The number of benzene rings is 1. The molecule has 0 N–H and O–H groups in total. The first kappa shape index (κ1) is 17.1. The third-order valence-corrected chi connectivity index (χ3v) is 5.35. The van der Waals surface area contributed by atoms with Gasteiger partial charge in [-0.2, -0.15) is 5.10 Å². The van der Waals surface area contributed by atoms with Crippen molar-refractivity contribution in [2.75, 3.05) is 32.8 Å². The molecule has 1 atom stereocenters. The summed E-state index contributed by atoms with van der Waals surface area (Å²) in [5.41, 5.74) is 2.15. The van der Waals surface area contributed by atoms with Crippen molar-refractivity contribution in [2.45, 2.75) is 32.4 Å². The molecule has 1 amide bonds. The minimum Gasteiger partial charge on any atom is -0.484 e. The average molecular weight is 354 g/mol. The van der Waals surface area contributed by atoms with Gasteiger partial charge in [-0.1, -0.05) is 18.2 Å². The number of hydrogen-bond donors (Lipinski definition) is 0. The topological polar surface area (TPSA) is 50.6 Å². The number of para-hydroxylation sites is 1. The summed E-state index contributed by atoms with van der Waals surface area (Å²) < 4.78 is 7.87. The van der Waals surface area contributed by atoms with E-state index in [0.29, 0.717) is 13.1 Å². The first-order valence-electron chi connectivity index (χ1n) is 9.41. The van der Waals surface area contributed by atoms with Gasteiger partial charge >= 0.3 is 0 Å².